The molecule has 0 unspecified atom stereocenters. The molecule has 1 amide bonds. The number of amides is 1. The minimum Gasteiger partial charge on any atom is -0.450 e. The van der Waals surface area contributed by atoms with Crippen LogP contribution in [0, 0.1) is 0 Å². The minimum absolute atomic E-state index is 0. The fourth-order valence-electron chi connectivity index (χ4n) is 2.89. The second-order valence-electron chi connectivity index (χ2n) is 5.97. The second-order valence-corrected chi connectivity index (χ2v) is 9.29. The SMILES string of the molecule is CCOC(=O)N1CCN(C(=NC)NCCS(=O)(=O)N2CCSCC2)CC1.I. The molecular formula is C15H30IN5O4S2. The van der Waals surface area contributed by atoms with E-state index in [9.17, 15) is 13.2 Å². The molecule has 0 aliphatic carbocycles. The highest BCUT2D eigenvalue weighted by atomic mass is 127. The number of piperazine rings is 1. The van der Waals surface area contributed by atoms with Crippen molar-refractivity contribution in [3.63, 3.8) is 0 Å². The molecule has 2 rings (SSSR count). The fraction of sp³-hybridized carbons (Fsp3) is 0.867. The molecule has 0 atom stereocenters. The van der Waals surface area contributed by atoms with Gasteiger partial charge in [0.15, 0.2) is 5.96 Å². The Bertz CT molecular complexity index is 591. The molecule has 9 nitrogen and oxygen atoms in total. The normalized spacial score (nSPS) is 19.4. The summed E-state index contributed by atoms with van der Waals surface area (Å²) in [6, 6.07) is 0. The van der Waals surface area contributed by atoms with Crippen LogP contribution in [0.2, 0.25) is 0 Å². The molecule has 0 spiro atoms. The predicted molar refractivity (Wildman–Crippen MR) is 120 cm³/mol. The average molecular weight is 535 g/mol. The van der Waals surface area contributed by atoms with Gasteiger partial charge in [0.1, 0.15) is 0 Å². The smallest absolute Gasteiger partial charge is 0.409 e. The van der Waals surface area contributed by atoms with Gasteiger partial charge in [0.25, 0.3) is 0 Å². The molecule has 2 fully saturated rings. The molecule has 0 radical (unpaired) electrons. The summed E-state index contributed by atoms with van der Waals surface area (Å²) in [6.45, 7) is 6.05. The number of thioether (sulfide) groups is 1. The molecule has 12 heteroatoms. The Kier molecular flexibility index (Phi) is 11.1. The lowest BCUT2D eigenvalue weighted by atomic mass is 10.3. The molecule has 2 aliphatic heterocycles. The highest BCUT2D eigenvalue weighted by Crippen LogP contribution is 2.13. The van der Waals surface area contributed by atoms with Crippen LogP contribution in [-0.2, 0) is 14.8 Å². The van der Waals surface area contributed by atoms with E-state index in [-0.39, 0.29) is 35.8 Å². The fourth-order valence-corrected chi connectivity index (χ4v) is 5.38. The van der Waals surface area contributed by atoms with Crippen molar-refractivity contribution in [2.24, 2.45) is 4.99 Å². The van der Waals surface area contributed by atoms with Crippen LogP contribution in [0.5, 0.6) is 0 Å². The van der Waals surface area contributed by atoms with E-state index >= 15 is 0 Å². The highest BCUT2D eigenvalue weighted by molar-refractivity contribution is 14.0. The molecule has 0 aromatic carbocycles. The van der Waals surface area contributed by atoms with Crippen molar-refractivity contribution < 1.29 is 17.9 Å². The number of nitrogens with one attached hydrogen (secondary N) is 1. The molecule has 1 N–H and O–H groups in total. The molecule has 2 saturated heterocycles. The van der Waals surface area contributed by atoms with E-state index in [4.69, 9.17) is 4.74 Å². The first-order chi connectivity index (χ1) is 12.5. The van der Waals surface area contributed by atoms with Gasteiger partial charge in [-0.3, -0.25) is 4.99 Å². The Hall–Kier alpha value is -0.470. The number of carbonyl (C=O) groups is 1. The molecule has 2 heterocycles. The molecule has 27 heavy (non-hydrogen) atoms. The van der Waals surface area contributed by atoms with E-state index in [2.05, 4.69) is 10.3 Å². The Morgan fingerprint density at radius 1 is 1.11 bits per heavy atom. The molecule has 0 saturated carbocycles. The number of aliphatic imine (C=N–C) groups is 1. The van der Waals surface area contributed by atoms with Crippen molar-refractivity contribution in [2.45, 2.75) is 6.92 Å². The monoisotopic (exact) mass is 535 g/mol. The minimum atomic E-state index is -3.23. The largest absolute Gasteiger partial charge is 0.450 e. The van der Waals surface area contributed by atoms with Crippen LogP contribution in [0.1, 0.15) is 6.92 Å². The molecule has 0 bridgehead atoms. The standard InChI is InChI=1S/C15H29N5O4S2.HI/c1-3-24-15(21)19-7-5-18(6-8-19)14(16-2)17-4-13-26(22,23)20-9-11-25-12-10-20;/h3-13H2,1-2H3,(H,16,17);1H. The first-order valence-electron chi connectivity index (χ1n) is 8.90. The third-order valence-corrected chi connectivity index (χ3v) is 7.14. The number of nitrogens with zero attached hydrogens (tertiary/aromatic N) is 4. The lowest BCUT2D eigenvalue weighted by Gasteiger charge is -2.36. The van der Waals surface area contributed by atoms with E-state index in [1.807, 2.05) is 4.90 Å². The van der Waals surface area contributed by atoms with E-state index in [0.717, 1.165) is 11.5 Å². The van der Waals surface area contributed by atoms with Crippen molar-refractivity contribution in [2.75, 3.05) is 76.7 Å². The van der Waals surface area contributed by atoms with Gasteiger partial charge in [-0.25, -0.2) is 17.5 Å². The Labute approximate surface area is 183 Å². The Balaban J connectivity index is 0.00000364. The summed E-state index contributed by atoms with van der Waals surface area (Å²) >= 11 is 1.79. The summed E-state index contributed by atoms with van der Waals surface area (Å²) in [6.07, 6.45) is -0.291. The summed E-state index contributed by atoms with van der Waals surface area (Å²) in [5, 5.41) is 3.13. The van der Waals surface area contributed by atoms with Crippen molar-refractivity contribution >= 4 is 57.8 Å². The summed E-state index contributed by atoms with van der Waals surface area (Å²) in [7, 11) is -1.55. The van der Waals surface area contributed by atoms with Crippen molar-refractivity contribution in [3.05, 3.63) is 0 Å². The Morgan fingerprint density at radius 3 is 2.26 bits per heavy atom. The van der Waals surface area contributed by atoms with E-state index in [1.54, 1.807) is 34.9 Å². The quantitative estimate of drug-likeness (QED) is 0.308. The van der Waals surface area contributed by atoms with Gasteiger partial charge in [0.05, 0.1) is 12.4 Å². The zero-order chi connectivity index (χ0) is 19.0. The summed E-state index contributed by atoms with van der Waals surface area (Å²) in [5.74, 6) is 2.44. The molecular weight excluding hydrogens is 505 g/mol. The first kappa shape index (κ1) is 24.6. The van der Waals surface area contributed by atoms with Crippen LogP contribution in [0.25, 0.3) is 0 Å². The topological polar surface area (TPSA) is 94.5 Å². The van der Waals surface area contributed by atoms with Crippen LogP contribution < -0.4 is 5.32 Å². The van der Waals surface area contributed by atoms with E-state index in [0.29, 0.717) is 58.4 Å². The maximum atomic E-state index is 12.4. The zero-order valence-electron chi connectivity index (χ0n) is 15.9. The van der Waals surface area contributed by atoms with Crippen LogP contribution in [-0.4, -0.2) is 111 Å². The number of carbonyl (C=O) groups excluding carboxylic acids is 1. The average Bonchev–Trinajstić information content (AvgIpc) is 2.66. The van der Waals surface area contributed by atoms with Gasteiger partial charge in [0, 0.05) is 64.4 Å². The van der Waals surface area contributed by atoms with Crippen molar-refractivity contribution in [1.29, 1.82) is 0 Å². The maximum Gasteiger partial charge on any atom is 0.409 e. The van der Waals surface area contributed by atoms with Crippen LogP contribution in [0.3, 0.4) is 0 Å². The van der Waals surface area contributed by atoms with Crippen LogP contribution in [0.4, 0.5) is 4.79 Å². The number of halogens is 1. The summed E-state index contributed by atoms with van der Waals surface area (Å²) in [4.78, 5) is 19.7. The number of sulfonamides is 1. The summed E-state index contributed by atoms with van der Waals surface area (Å²) < 4.78 is 31.3. The number of guanidine groups is 1. The molecule has 158 valence electrons. The van der Waals surface area contributed by atoms with Gasteiger partial charge in [-0.1, -0.05) is 0 Å². The molecule has 0 aromatic heterocycles. The third kappa shape index (κ3) is 7.46. The molecule has 0 aromatic rings. The van der Waals surface area contributed by atoms with Gasteiger partial charge in [-0.05, 0) is 6.92 Å². The lowest BCUT2D eigenvalue weighted by molar-refractivity contribution is 0.0915. The lowest BCUT2D eigenvalue weighted by Crippen LogP contribution is -2.54. The van der Waals surface area contributed by atoms with Crippen molar-refractivity contribution in [1.82, 2.24) is 19.4 Å². The van der Waals surface area contributed by atoms with Gasteiger partial charge in [-0.15, -0.1) is 24.0 Å². The van der Waals surface area contributed by atoms with Crippen molar-refractivity contribution in [3.8, 4) is 0 Å². The zero-order valence-corrected chi connectivity index (χ0v) is 19.9. The van der Waals surface area contributed by atoms with Crippen LogP contribution in [0.15, 0.2) is 4.99 Å². The Morgan fingerprint density at radius 2 is 1.70 bits per heavy atom. The predicted octanol–water partition coefficient (Wildman–Crippen LogP) is 0.333. The number of ether oxygens (including phenoxy) is 1. The third-order valence-electron chi connectivity index (χ3n) is 4.32. The molecule has 2 aliphatic rings. The van der Waals surface area contributed by atoms with Crippen LogP contribution >= 0.6 is 35.7 Å². The highest BCUT2D eigenvalue weighted by Gasteiger charge is 2.26. The van der Waals surface area contributed by atoms with Gasteiger partial charge >= 0.3 is 6.09 Å². The number of hydrogen-bond donors (Lipinski definition) is 1. The van der Waals surface area contributed by atoms with E-state index < -0.39 is 10.0 Å². The number of rotatable bonds is 5. The maximum absolute atomic E-state index is 12.4. The van der Waals surface area contributed by atoms with E-state index in [1.165, 1.54) is 0 Å². The van der Waals surface area contributed by atoms with Gasteiger partial charge in [-0.2, -0.15) is 11.8 Å². The second kappa shape index (κ2) is 12.2. The summed E-state index contributed by atoms with van der Waals surface area (Å²) in [5.41, 5.74) is 0. The van der Waals surface area contributed by atoms with Gasteiger partial charge in [0.2, 0.25) is 10.0 Å². The first-order valence-corrected chi connectivity index (χ1v) is 11.7. The number of hydrogen-bond acceptors (Lipinski definition) is 6. The van der Waals surface area contributed by atoms with Gasteiger partial charge < -0.3 is 19.9 Å².